The van der Waals surface area contributed by atoms with E-state index in [4.69, 9.17) is 14.2 Å². The molecule has 36 heavy (non-hydrogen) atoms. The minimum absolute atomic E-state index is 0.0796. The molecular formula is C30H26NO4P. The fourth-order valence-corrected chi connectivity index (χ4v) is 7.58. The van der Waals surface area contributed by atoms with Gasteiger partial charge in [-0.15, -0.1) is 0 Å². The zero-order valence-corrected chi connectivity index (χ0v) is 21.0. The lowest BCUT2D eigenvalue weighted by molar-refractivity contribution is -0.136. The van der Waals surface area contributed by atoms with Crippen LogP contribution in [0.1, 0.15) is 5.56 Å². The van der Waals surface area contributed by atoms with Gasteiger partial charge in [-0.25, -0.2) is 9.59 Å². The van der Waals surface area contributed by atoms with Crippen LogP contribution in [0.25, 0.3) is 5.57 Å². The lowest BCUT2D eigenvalue weighted by atomic mass is 10.0. The van der Waals surface area contributed by atoms with Crippen molar-refractivity contribution < 1.29 is 19.1 Å². The molecule has 0 bridgehead atoms. The van der Waals surface area contributed by atoms with Crippen LogP contribution in [-0.2, 0) is 19.1 Å². The molecule has 0 aromatic heterocycles. The summed E-state index contributed by atoms with van der Waals surface area (Å²) < 4.78 is 15.3. The number of benzene rings is 4. The van der Waals surface area contributed by atoms with Crippen LogP contribution in [0.5, 0.6) is 0 Å². The second-order valence-corrected chi connectivity index (χ2v) is 10.9. The van der Waals surface area contributed by atoms with Crippen LogP contribution in [0.4, 0.5) is 5.69 Å². The molecule has 0 fully saturated rings. The summed E-state index contributed by atoms with van der Waals surface area (Å²) in [5.41, 5.74) is 1.14. The molecule has 180 valence electrons. The predicted molar refractivity (Wildman–Crippen MR) is 146 cm³/mol. The van der Waals surface area contributed by atoms with Gasteiger partial charge in [0.25, 0.3) is 0 Å². The SMILES string of the molecule is COC(=O)/C=C(\C(=O)OC)c1ccccc1N=P(c1ccccc1)(c1ccccc1)c1ccccc1. The van der Waals surface area contributed by atoms with Crippen molar-refractivity contribution in [1.29, 1.82) is 0 Å². The number of carbonyl (C=O) groups is 2. The average molecular weight is 496 g/mol. The van der Waals surface area contributed by atoms with Crippen molar-refractivity contribution in [3.63, 3.8) is 0 Å². The van der Waals surface area contributed by atoms with Crippen LogP contribution >= 0.6 is 7.05 Å². The maximum Gasteiger partial charge on any atom is 0.338 e. The molecule has 0 unspecified atom stereocenters. The summed E-state index contributed by atoms with van der Waals surface area (Å²) in [6, 6.07) is 37.8. The summed E-state index contributed by atoms with van der Waals surface area (Å²) in [5.74, 6) is -1.30. The van der Waals surface area contributed by atoms with Crippen LogP contribution in [0.2, 0.25) is 0 Å². The van der Waals surface area contributed by atoms with Crippen molar-refractivity contribution in [2.24, 2.45) is 4.74 Å². The Morgan fingerprint density at radius 2 is 1.08 bits per heavy atom. The molecule has 5 nitrogen and oxygen atoms in total. The highest BCUT2D eigenvalue weighted by atomic mass is 31.2. The van der Waals surface area contributed by atoms with Crippen molar-refractivity contribution in [2.45, 2.75) is 0 Å². The Bertz CT molecular complexity index is 1330. The Balaban J connectivity index is 2.13. The number of nitrogens with zero attached hydrogens (tertiary/aromatic N) is 1. The molecule has 6 heteroatoms. The Labute approximate surface area is 211 Å². The molecule has 0 saturated heterocycles. The first kappa shape index (κ1) is 24.9. The fourth-order valence-electron chi connectivity index (χ4n) is 4.04. The topological polar surface area (TPSA) is 65.0 Å². The van der Waals surface area contributed by atoms with Gasteiger partial charge in [-0.3, -0.25) is 4.74 Å². The van der Waals surface area contributed by atoms with Crippen LogP contribution in [0.15, 0.2) is 126 Å². The van der Waals surface area contributed by atoms with E-state index < -0.39 is 19.0 Å². The Hall–Kier alpha value is -4.21. The molecule has 0 aliphatic rings. The number of hydrogen-bond donors (Lipinski definition) is 0. The lowest BCUT2D eigenvalue weighted by Crippen LogP contribution is -2.25. The number of hydrogen-bond acceptors (Lipinski definition) is 5. The second-order valence-electron chi connectivity index (χ2n) is 7.83. The van der Waals surface area contributed by atoms with Crippen molar-refractivity contribution in [1.82, 2.24) is 0 Å². The molecule has 0 saturated carbocycles. The van der Waals surface area contributed by atoms with E-state index in [1.807, 2.05) is 66.7 Å². The summed E-state index contributed by atoms with van der Waals surface area (Å²) in [7, 11) is -0.0473. The van der Waals surface area contributed by atoms with Gasteiger partial charge in [0.05, 0.1) is 32.5 Å². The molecule has 0 aliphatic carbocycles. The fraction of sp³-hybridized carbons (Fsp3) is 0.0667. The summed E-state index contributed by atoms with van der Waals surface area (Å²) >= 11 is 0. The summed E-state index contributed by atoms with van der Waals surface area (Å²) in [6.45, 7) is 0. The Kier molecular flexibility index (Phi) is 7.94. The quantitative estimate of drug-likeness (QED) is 0.200. The maximum absolute atomic E-state index is 12.8. The maximum atomic E-state index is 12.8. The van der Waals surface area contributed by atoms with Crippen molar-refractivity contribution in [3.8, 4) is 0 Å². The highest BCUT2D eigenvalue weighted by Gasteiger charge is 2.28. The largest absolute Gasteiger partial charge is 0.466 e. The molecule has 0 radical (unpaired) electrons. The third kappa shape index (κ3) is 5.07. The summed E-state index contributed by atoms with van der Waals surface area (Å²) in [4.78, 5) is 24.9. The van der Waals surface area contributed by atoms with E-state index in [0.29, 0.717) is 11.3 Å². The van der Waals surface area contributed by atoms with Crippen molar-refractivity contribution >= 4 is 46.2 Å². The van der Waals surface area contributed by atoms with Gasteiger partial charge in [-0.1, -0.05) is 109 Å². The number of ether oxygens (including phenoxy) is 2. The lowest BCUT2D eigenvalue weighted by Gasteiger charge is -2.27. The third-order valence-electron chi connectivity index (χ3n) is 5.71. The molecule has 4 aromatic carbocycles. The molecule has 0 spiro atoms. The zero-order valence-electron chi connectivity index (χ0n) is 20.1. The molecule has 4 rings (SSSR count). The molecule has 4 aromatic rings. The normalized spacial score (nSPS) is 11.4. The Morgan fingerprint density at radius 3 is 1.53 bits per heavy atom. The first-order valence-corrected chi connectivity index (χ1v) is 13.1. The zero-order chi connectivity index (χ0) is 25.4. The van der Waals surface area contributed by atoms with Crippen molar-refractivity contribution in [3.05, 3.63) is 127 Å². The summed E-state index contributed by atoms with van der Waals surface area (Å²) in [6.07, 6.45) is 1.15. The van der Waals surface area contributed by atoms with Crippen LogP contribution in [0.3, 0.4) is 0 Å². The molecular weight excluding hydrogens is 469 g/mol. The molecule has 0 aliphatic heterocycles. The smallest absolute Gasteiger partial charge is 0.338 e. The minimum atomic E-state index is -2.59. The van der Waals surface area contributed by atoms with Gasteiger partial charge in [-0.2, -0.15) is 0 Å². The first-order valence-electron chi connectivity index (χ1n) is 11.4. The number of methoxy groups -OCH3 is 2. The molecule has 0 atom stereocenters. The van der Waals surface area contributed by atoms with Gasteiger partial charge in [0.15, 0.2) is 0 Å². The highest BCUT2D eigenvalue weighted by molar-refractivity contribution is 7.87. The van der Waals surface area contributed by atoms with Gasteiger partial charge in [0, 0.05) is 27.6 Å². The van der Waals surface area contributed by atoms with E-state index in [-0.39, 0.29) is 5.57 Å². The minimum Gasteiger partial charge on any atom is -0.466 e. The number of esters is 2. The van der Waals surface area contributed by atoms with Crippen molar-refractivity contribution in [2.75, 3.05) is 14.2 Å². The number of carbonyl (C=O) groups excluding carboxylic acids is 2. The van der Waals surface area contributed by atoms with Gasteiger partial charge >= 0.3 is 11.9 Å². The van der Waals surface area contributed by atoms with Crippen LogP contribution in [0, 0.1) is 0 Å². The molecule has 0 N–H and O–H groups in total. The van der Waals surface area contributed by atoms with E-state index >= 15 is 0 Å². The Morgan fingerprint density at radius 1 is 0.639 bits per heavy atom. The number of rotatable bonds is 7. The van der Waals surface area contributed by atoms with Gasteiger partial charge < -0.3 is 9.47 Å². The van der Waals surface area contributed by atoms with E-state index in [0.717, 1.165) is 22.0 Å². The van der Waals surface area contributed by atoms with E-state index in [2.05, 4.69) is 36.4 Å². The monoisotopic (exact) mass is 495 g/mol. The first-order chi connectivity index (χ1) is 17.6. The molecule has 0 heterocycles. The highest BCUT2D eigenvalue weighted by Crippen LogP contribution is 2.50. The second kappa shape index (κ2) is 11.5. The standard InChI is InChI=1S/C30H26NO4P/c1-34-29(32)22-27(30(33)35-2)26-20-12-13-21-28(26)31-36(23-14-6-3-7-15-23,24-16-8-4-9-17-24)25-18-10-5-11-19-25/h3-22H,1-2H3/b27-22-. The molecule has 0 amide bonds. The summed E-state index contributed by atoms with van der Waals surface area (Å²) in [5, 5.41) is 3.19. The van der Waals surface area contributed by atoms with Gasteiger partial charge in [0.2, 0.25) is 0 Å². The van der Waals surface area contributed by atoms with E-state index in [1.54, 1.807) is 12.1 Å². The average Bonchev–Trinajstić information content (AvgIpc) is 2.95. The predicted octanol–water partition coefficient (Wildman–Crippen LogP) is 5.23. The van der Waals surface area contributed by atoms with Gasteiger partial charge in [0.1, 0.15) is 0 Å². The van der Waals surface area contributed by atoms with Gasteiger partial charge in [-0.05, 0) is 6.07 Å². The van der Waals surface area contributed by atoms with E-state index in [1.165, 1.54) is 14.2 Å². The van der Waals surface area contributed by atoms with Crippen LogP contribution in [-0.4, -0.2) is 26.2 Å². The van der Waals surface area contributed by atoms with Crippen LogP contribution < -0.4 is 15.9 Å². The third-order valence-corrected chi connectivity index (χ3v) is 9.36. The van der Waals surface area contributed by atoms with E-state index in [9.17, 15) is 9.59 Å².